The van der Waals surface area contributed by atoms with Gasteiger partial charge in [0.1, 0.15) is 17.1 Å². The standard InChI is InChI=1S/2C9H15N.C8H15N3.C8H15N2.C8H12O3.C8H12S.2C7H12N2O.C7H12N2S/c2*1-6-7(2)9(4)10(5)8(6)3;1-6-7(2)11(5)8(9-3)10(6)4;1-6-7(2)10(5)8(3)9(6)4;1-5-6(2)10-8(3,4)11-7(5)9;1-5-6(2)8(4)9-7(5)3;3*1-5-6(2)9(4)7(10)8(5)3/h2*1-5H3;1-5H3;1-5H3;1-4H3;1-4H3;3*1-4H3/q;;;+1;;;;;. The van der Waals surface area contributed by atoms with Crippen LogP contribution in [0.2, 0.25) is 0 Å². The zero-order chi connectivity index (χ0) is 71.6. The summed E-state index contributed by atoms with van der Waals surface area (Å²) in [5, 5.41) is 0. The van der Waals surface area contributed by atoms with Gasteiger partial charge in [0.25, 0.3) is 5.82 Å². The van der Waals surface area contributed by atoms with E-state index in [2.05, 4.69) is 192 Å². The van der Waals surface area contributed by atoms with Gasteiger partial charge in [0.15, 0.2) is 4.77 Å². The number of nitrogens with zero attached hydrogens (tertiary/aromatic N) is 13. The molecule has 0 N–H and O–H groups in total. The highest BCUT2D eigenvalue weighted by molar-refractivity contribution is 7.71. The van der Waals surface area contributed by atoms with Crippen LogP contribution in [0.1, 0.15) is 156 Å². The van der Waals surface area contributed by atoms with Crippen molar-refractivity contribution in [3.05, 3.63) is 171 Å². The average Bonchev–Trinajstić information content (AvgIpc) is 1.82. The normalized spacial score (nSPS) is 11.9. The van der Waals surface area contributed by atoms with E-state index in [0.29, 0.717) is 11.3 Å². The smallest absolute Gasteiger partial charge is 0.340 e. The lowest BCUT2D eigenvalue weighted by molar-refractivity contribution is -0.683. The van der Waals surface area contributed by atoms with Gasteiger partial charge in [-0.05, 0) is 198 Å². The van der Waals surface area contributed by atoms with Crippen molar-refractivity contribution in [2.45, 2.75) is 193 Å². The Hall–Kier alpha value is -7.06. The minimum atomic E-state index is -0.805. The number of allylic oxidation sites excluding steroid dienone is 1. The number of imidazole rings is 5. The molecule has 0 spiro atoms. The van der Waals surface area contributed by atoms with E-state index in [-0.39, 0.29) is 17.3 Å². The topological polar surface area (TPSA) is 140 Å². The van der Waals surface area contributed by atoms with Crippen molar-refractivity contribution in [2.75, 3.05) is 7.05 Å². The Labute approximate surface area is 556 Å². The molecule has 9 heterocycles. The van der Waals surface area contributed by atoms with E-state index in [1.807, 2.05) is 83.4 Å². The van der Waals surface area contributed by atoms with Crippen LogP contribution in [0.5, 0.6) is 0 Å². The monoisotopic (exact) mass is 1300 g/mol. The predicted octanol–water partition coefficient (Wildman–Crippen LogP) is 12.8. The number of ether oxygens (including phenoxy) is 2. The fraction of sp³-hybridized carbons (Fsp3) is 0.577. The summed E-state index contributed by atoms with van der Waals surface area (Å²) in [4.78, 5) is 40.4. The van der Waals surface area contributed by atoms with Crippen LogP contribution in [0.15, 0.2) is 25.9 Å². The van der Waals surface area contributed by atoms with Crippen LogP contribution in [-0.4, -0.2) is 69.0 Å². The predicted molar refractivity (Wildman–Crippen MR) is 383 cm³/mol. The first-order valence-electron chi connectivity index (χ1n) is 30.9. The molecule has 8 aromatic heterocycles. The van der Waals surface area contributed by atoms with Gasteiger partial charge in [-0.25, -0.2) is 23.5 Å². The van der Waals surface area contributed by atoms with Crippen molar-refractivity contribution in [2.24, 2.45) is 89.6 Å². The molecule has 1 aliphatic heterocycles. The number of carbonyl (C=O) groups is 1. The van der Waals surface area contributed by atoms with Crippen LogP contribution in [0.3, 0.4) is 0 Å². The lowest BCUT2D eigenvalue weighted by atomic mass is 10.2. The van der Waals surface area contributed by atoms with Crippen molar-refractivity contribution >= 4 is 29.5 Å². The summed E-state index contributed by atoms with van der Waals surface area (Å²) in [6.07, 6.45) is 0. The second-order valence-corrected chi connectivity index (χ2v) is 26.7. The van der Waals surface area contributed by atoms with Crippen molar-refractivity contribution in [1.29, 1.82) is 0 Å². The molecule has 0 aliphatic carbocycles. The third-order valence-corrected chi connectivity index (χ3v) is 21.7. The third kappa shape index (κ3) is 19.0. The highest BCUT2D eigenvalue weighted by atomic mass is 32.1. The molecule has 0 radical (unpaired) electrons. The van der Waals surface area contributed by atoms with Crippen molar-refractivity contribution in [3.63, 3.8) is 0 Å². The zero-order valence-electron chi connectivity index (χ0n) is 64.2. The number of hydrogen-bond acceptors (Lipinski definition) is 8. The Morgan fingerprint density at radius 2 is 0.648 bits per heavy atom. The molecule has 0 unspecified atom stereocenters. The quantitative estimate of drug-likeness (QED) is 0.0841. The molecular formula is C71H120N13O5S2+. The molecular weight excluding hydrogens is 1180 g/mol. The molecule has 0 aromatic carbocycles. The summed E-state index contributed by atoms with van der Waals surface area (Å²) in [5.74, 6) is 0.848. The maximum atomic E-state index is 11.1. The van der Waals surface area contributed by atoms with Gasteiger partial charge in [0.05, 0.1) is 19.7 Å². The second-order valence-electron chi connectivity index (χ2n) is 24.9. The molecule has 0 saturated heterocycles. The van der Waals surface area contributed by atoms with Gasteiger partial charge >= 0.3 is 17.3 Å². The first-order chi connectivity index (χ1) is 41.5. The lowest BCUT2D eigenvalue weighted by Gasteiger charge is -2.31. The van der Waals surface area contributed by atoms with Crippen LogP contribution in [0.4, 0.5) is 0 Å². The van der Waals surface area contributed by atoms with Gasteiger partial charge in [-0.15, -0.1) is 11.3 Å². The van der Waals surface area contributed by atoms with Gasteiger partial charge < -0.3 is 36.9 Å². The Morgan fingerprint density at radius 1 is 0.374 bits per heavy atom. The fourth-order valence-electron chi connectivity index (χ4n) is 9.91. The molecule has 510 valence electrons. The van der Waals surface area contributed by atoms with Gasteiger partial charge in [-0.3, -0.25) is 23.3 Å². The molecule has 20 heteroatoms. The van der Waals surface area contributed by atoms with Crippen LogP contribution < -0.4 is 21.6 Å². The summed E-state index contributed by atoms with van der Waals surface area (Å²) in [7, 11) is 25.4. The van der Waals surface area contributed by atoms with Crippen LogP contribution in [0.25, 0.3) is 0 Å². The lowest BCUT2D eigenvalue weighted by Crippen LogP contribution is -2.35. The Bertz CT molecular complexity index is 3490. The number of aryl methyl sites for hydroxylation is 2. The number of carbonyl (C=O) groups excluding carboxylic acids is 1. The van der Waals surface area contributed by atoms with Crippen LogP contribution in [-0.2, 0) is 98.8 Å². The second kappa shape index (κ2) is 33.5. The van der Waals surface area contributed by atoms with Crippen LogP contribution >= 0.6 is 23.6 Å². The fourth-order valence-corrected chi connectivity index (χ4v) is 11.3. The Kier molecular flexibility index (Phi) is 30.2. The van der Waals surface area contributed by atoms with E-state index in [9.17, 15) is 14.4 Å². The molecule has 0 bridgehead atoms. The van der Waals surface area contributed by atoms with Crippen molar-refractivity contribution in [1.82, 2.24) is 50.2 Å². The maximum absolute atomic E-state index is 11.1. The van der Waals surface area contributed by atoms with Gasteiger partial charge in [0.2, 0.25) is 11.4 Å². The molecule has 0 amide bonds. The number of cyclic esters (lactones) is 1. The Morgan fingerprint density at radius 3 is 0.780 bits per heavy atom. The number of rotatable bonds is 0. The number of hydrogen-bond donors (Lipinski definition) is 0. The third-order valence-electron chi connectivity index (χ3n) is 19.9. The van der Waals surface area contributed by atoms with E-state index >= 15 is 0 Å². The first-order valence-corrected chi connectivity index (χ1v) is 32.2. The highest BCUT2D eigenvalue weighted by Crippen LogP contribution is 2.26. The molecule has 18 nitrogen and oxygen atoms in total. The van der Waals surface area contributed by atoms with Crippen LogP contribution in [0, 0.1) is 164 Å². The molecule has 91 heavy (non-hydrogen) atoms. The largest absolute Gasteiger partial charge is 0.457 e. The van der Waals surface area contributed by atoms with E-state index in [4.69, 9.17) is 21.7 Å². The molecule has 0 atom stereocenters. The molecule has 0 fully saturated rings. The number of aromatic nitrogens is 12. The van der Waals surface area contributed by atoms with E-state index in [0.717, 1.165) is 33.2 Å². The summed E-state index contributed by atoms with van der Waals surface area (Å²) >= 11 is 7.02. The number of thiophene rings is 1. The zero-order valence-corrected chi connectivity index (χ0v) is 65.8. The van der Waals surface area contributed by atoms with E-state index in [1.165, 1.54) is 106 Å². The van der Waals surface area contributed by atoms with Gasteiger partial charge in [0, 0.05) is 190 Å². The number of esters is 1. The maximum Gasteiger partial charge on any atom is 0.340 e. The SMILES string of the molecule is CC1=C(C)C(=O)OC(C)(C)O1.CN=c1n(C)c(C)c(C)n1C.Cc1c(C)[n+](C)c(C)n1C.Cc1c(C)c(C)n(C)c1C.Cc1c(C)c(C)n(C)c1C.Cc1c(C)n(C)c(=O)n1C.Cc1c(C)n(C)c(=O)n1C.Cc1c(C)n(C)c(=S)n1C.Cc1sc(C)c(C)c1C. The first kappa shape index (κ1) is 82.0. The van der Waals surface area contributed by atoms with Gasteiger partial charge in [-0.2, -0.15) is 0 Å². The summed E-state index contributed by atoms with van der Waals surface area (Å²) in [6, 6.07) is 0. The molecule has 0 saturated carbocycles. The highest BCUT2D eigenvalue weighted by Gasteiger charge is 2.32. The minimum Gasteiger partial charge on any atom is -0.457 e. The van der Waals surface area contributed by atoms with Crippen molar-refractivity contribution in [3.8, 4) is 0 Å². The van der Waals surface area contributed by atoms with E-state index < -0.39 is 5.79 Å². The molecule has 8 aromatic rings. The van der Waals surface area contributed by atoms with E-state index in [1.54, 1.807) is 74.2 Å². The summed E-state index contributed by atoms with van der Waals surface area (Å²) in [5.41, 5.74) is 27.7. The summed E-state index contributed by atoms with van der Waals surface area (Å²) in [6.45, 7) is 55.5. The molecule has 1 aliphatic rings. The average molecular weight is 1300 g/mol. The minimum absolute atomic E-state index is 0.0509. The van der Waals surface area contributed by atoms with Gasteiger partial charge in [-0.1, -0.05) is 0 Å². The molecule has 9 rings (SSSR count). The van der Waals surface area contributed by atoms with Crippen molar-refractivity contribution < 1.29 is 18.8 Å². The summed E-state index contributed by atoms with van der Waals surface area (Å²) < 4.78 is 34.8. The Balaban J connectivity index is 0.000000512.